The Morgan fingerprint density at radius 3 is 2.67 bits per heavy atom. The fraction of sp³-hybridized carbons (Fsp3) is 0.304. The van der Waals surface area contributed by atoms with Crippen LogP contribution in [0.1, 0.15) is 46.1 Å². The molecule has 1 atom stereocenters. The summed E-state index contributed by atoms with van der Waals surface area (Å²) in [4.78, 5) is 13.5. The average Bonchev–Trinajstić information content (AvgIpc) is 3.29. The minimum atomic E-state index is -0.515. The number of rotatable bonds is 6. The van der Waals surface area contributed by atoms with Crippen LogP contribution in [0.2, 0.25) is 0 Å². The molecule has 2 N–H and O–H groups in total. The molecule has 30 heavy (non-hydrogen) atoms. The maximum Gasteiger partial charge on any atom is 0.248 e. The molecule has 6 nitrogen and oxygen atoms in total. The van der Waals surface area contributed by atoms with Gasteiger partial charge in [0.25, 0.3) is 0 Å². The Morgan fingerprint density at radius 1 is 1.27 bits per heavy atom. The standard InChI is InChI=1S/C23H25FN4O2/c1-15-19(14-27(2)26-15)21-4-3-11-28(21)13-16-5-10-22(20(24)12-16)30-18-8-6-17(7-9-18)23(25)29/h5-10,12,14,21H,3-4,11,13H2,1-2H3,(H2,25,29). The van der Waals surface area contributed by atoms with Crippen molar-refractivity contribution in [2.45, 2.75) is 32.4 Å². The molecular weight excluding hydrogens is 383 g/mol. The summed E-state index contributed by atoms with van der Waals surface area (Å²) in [5, 5.41) is 4.47. The van der Waals surface area contributed by atoms with Crippen molar-refractivity contribution in [2.75, 3.05) is 6.54 Å². The first-order valence-electron chi connectivity index (χ1n) is 10.0. The number of nitrogens with zero attached hydrogens (tertiary/aromatic N) is 3. The second-order valence-electron chi connectivity index (χ2n) is 7.73. The Morgan fingerprint density at radius 2 is 2.03 bits per heavy atom. The number of amides is 1. The molecule has 0 saturated carbocycles. The van der Waals surface area contributed by atoms with Crippen molar-refractivity contribution in [1.82, 2.24) is 14.7 Å². The first kappa shape index (κ1) is 20.1. The van der Waals surface area contributed by atoms with Crippen molar-refractivity contribution in [3.05, 3.63) is 76.9 Å². The molecule has 1 amide bonds. The van der Waals surface area contributed by atoms with Gasteiger partial charge in [-0.2, -0.15) is 5.10 Å². The number of ether oxygens (including phenoxy) is 1. The van der Waals surface area contributed by atoms with Crippen LogP contribution < -0.4 is 10.5 Å². The number of carbonyl (C=O) groups is 1. The maximum absolute atomic E-state index is 14.7. The predicted molar refractivity (Wildman–Crippen MR) is 112 cm³/mol. The van der Waals surface area contributed by atoms with E-state index in [-0.39, 0.29) is 5.75 Å². The highest BCUT2D eigenvalue weighted by Gasteiger charge is 2.28. The fourth-order valence-corrected chi connectivity index (χ4v) is 4.09. The van der Waals surface area contributed by atoms with Gasteiger partial charge < -0.3 is 10.5 Å². The number of carbonyl (C=O) groups excluding carboxylic acids is 1. The Balaban J connectivity index is 1.46. The number of nitrogens with two attached hydrogens (primary N) is 1. The Labute approximate surface area is 175 Å². The van der Waals surface area contributed by atoms with E-state index >= 15 is 0 Å². The zero-order valence-electron chi connectivity index (χ0n) is 17.1. The second-order valence-corrected chi connectivity index (χ2v) is 7.73. The van der Waals surface area contributed by atoms with E-state index in [1.54, 1.807) is 30.3 Å². The molecule has 1 aromatic heterocycles. The van der Waals surface area contributed by atoms with Crippen molar-refractivity contribution in [2.24, 2.45) is 12.8 Å². The largest absolute Gasteiger partial charge is 0.454 e. The van der Waals surface area contributed by atoms with E-state index in [4.69, 9.17) is 10.5 Å². The van der Waals surface area contributed by atoms with Gasteiger partial charge in [-0.25, -0.2) is 4.39 Å². The van der Waals surface area contributed by atoms with Gasteiger partial charge in [-0.3, -0.25) is 14.4 Å². The van der Waals surface area contributed by atoms with E-state index in [2.05, 4.69) is 16.2 Å². The van der Waals surface area contributed by atoms with Crippen LogP contribution in [0.3, 0.4) is 0 Å². The highest BCUT2D eigenvalue weighted by atomic mass is 19.1. The topological polar surface area (TPSA) is 73.4 Å². The summed E-state index contributed by atoms with van der Waals surface area (Å²) < 4.78 is 22.1. The normalized spacial score (nSPS) is 16.7. The smallest absolute Gasteiger partial charge is 0.248 e. The Hall–Kier alpha value is -3.19. The van der Waals surface area contributed by atoms with Crippen molar-refractivity contribution >= 4 is 5.91 Å². The molecule has 4 rings (SSSR count). The van der Waals surface area contributed by atoms with Gasteiger partial charge in [-0.05, 0) is 68.3 Å². The first-order chi connectivity index (χ1) is 14.4. The minimum Gasteiger partial charge on any atom is -0.454 e. The minimum absolute atomic E-state index is 0.145. The molecule has 1 aliphatic heterocycles. The summed E-state index contributed by atoms with van der Waals surface area (Å²) in [7, 11) is 1.94. The monoisotopic (exact) mass is 408 g/mol. The molecule has 2 heterocycles. The molecule has 1 saturated heterocycles. The lowest BCUT2D eigenvalue weighted by molar-refractivity contribution is 0.100. The van der Waals surface area contributed by atoms with Gasteiger partial charge in [0.1, 0.15) is 5.75 Å². The summed E-state index contributed by atoms with van der Waals surface area (Å²) in [6.45, 7) is 3.68. The fourth-order valence-electron chi connectivity index (χ4n) is 4.09. The number of primary amides is 1. The molecule has 1 aliphatic rings. The molecule has 156 valence electrons. The average molecular weight is 408 g/mol. The maximum atomic E-state index is 14.7. The Kier molecular flexibility index (Phi) is 5.55. The molecule has 7 heteroatoms. The number of aromatic nitrogens is 2. The van der Waals surface area contributed by atoms with Crippen LogP contribution in [0.25, 0.3) is 0 Å². The number of likely N-dealkylation sites (tertiary alicyclic amines) is 1. The Bertz CT molecular complexity index is 1060. The van der Waals surface area contributed by atoms with Crippen LogP contribution in [0.15, 0.2) is 48.7 Å². The quantitative estimate of drug-likeness (QED) is 0.667. The summed E-state index contributed by atoms with van der Waals surface area (Å²) in [5.74, 6) is -0.344. The van der Waals surface area contributed by atoms with Crippen LogP contribution in [0.5, 0.6) is 11.5 Å². The third-order valence-corrected chi connectivity index (χ3v) is 5.52. The lowest BCUT2D eigenvalue weighted by Crippen LogP contribution is -2.23. The summed E-state index contributed by atoms with van der Waals surface area (Å²) in [5.41, 5.74) is 8.80. The van der Waals surface area contributed by atoms with E-state index in [1.807, 2.05) is 24.7 Å². The summed E-state index contributed by atoms with van der Waals surface area (Å²) >= 11 is 0. The molecule has 0 spiro atoms. The van der Waals surface area contributed by atoms with E-state index in [9.17, 15) is 9.18 Å². The van der Waals surface area contributed by atoms with Crippen LogP contribution in [0, 0.1) is 12.7 Å². The summed E-state index contributed by atoms with van der Waals surface area (Å²) in [6, 6.07) is 11.7. The number of benzene rings is 2. The van der Waals surface area contributed by atoms with Crippen molar-refractivity contribution in [3.8, 4) is 11.5 Å². The molecule has 2 aromatic carbocycles. The van der Waals surface area contributed by atoms with E-state index in [0.717, 1.165) is 30.6 Å². The van der Waals surface area contributed by atoms with Gasteiger partial charge in [0, 0.05) is 37.0 Å². The highest BCUT2D eigenvalue weighted by molar-refractivity contribution is 5.92. The van der Waals surface area contributed by atoms with Crippen LogP contribution in [-0.4, -0.2) is 27.1 Å². The van der Waals surface area contributed by atoms with E-state index in [0.29, 0.717) is 23.9 Å². The highest BCUT2D eigenvalue weighted by Crippen LogP contribution is 2.35. The molecule has 1 fully saturated rings. The van der Waals surface area contributed by atoms with Gasteiger partial charge in [0.15, 0.2) is 11.6 Å². The zero-order chi connectivity index (χ0) is 21.3. The van der Waals surface area contributed by atoms with Crippen molar-refractivity contribution in [1.29, 1.82) is 0 Å². The van der Waals surface area contributed by atoms with Crippen molar-refractivity contribution < 1.29 is 13.9 Å². The molecule has 3 aromatic rings. The lowest BCUT2D eigenvalue weighted by Gasteiger charge is -2.24. The zero-order valence-corrected chi connectivity index (χ0v) is 17.1. The SMILES string of the molecule is Cc1nn(C)cc1C1CCCN1Cc1ccc(Oc2ccc(C(N)=O)cc2)c(F)c1. The van der Waals surface area contributed by atoms with Gasteiger partial charge in [-0.15, -0.1) is 0 Å². The van der Waals surface area contributed by atoms with Gasteiger partial charge in [0.05, 0.1) is 5.69 Å². The number of aryl methyl sites for hydroxylation is 2. The predicted octanol–water partition coefficient (Wildman–Crippen LogP) is 4.10. The molecule has 0 aliphatic carbocycles. The second kappa shape index (κ2) is 8.28. The van der Waals surface area contributed by atoms with Crippen molar-refractivity contribution in [3.63, 3.8) is 0 Å². The van der Waals surface area contributed by atoms with E-state index in [1.165, 1.54) is 11.6 Å². The number of hydrogen-bond acceptors (Lipinski definition) is 4. The molecule has 0 radical (unpaired) electrons. The third kappa shape index (κ3) is 4.21. The van der Waals surface area contributed by atoms with Gasteiger partial charge in [-0.1, -0.05) is 6.07 Å². The molecular formula is C23H25FN4O2. The van der Waals surface area contributed by atoms with E-state index < -0.39 is 11.7 Å². The van der Waals surface area contributed by atoms with Crippen LogP contribution in [-0.2, 0) is 13.6 Å². The van der Waals surface area contributed by atoms with Crippen LogP contribution in [0.4, 0.5) is 4.39 Å². The number of hydrogen-bond donors (Lipinski definition) is 1. The van der Waals surface area contributed by atoms with Gasteiger partial charge in [0.2, 0.25) is 5.91 Å². The lowest BCUT2D eigenvalue weighted by atomic mass is 10.1. The molecule has 0 bridgehead atoms. The number of halogens is 1. The summed E-state index contributed by atoms with van der Waals surface area (Å²) in [6.07, 6.45) is 4.28. The first-order valence-corrected chi connectivity index (χ1v) is 10.0. The molecule has 1 unspecified atom stereocenters. The third-order valence-electron chi connectivity index (χ3n) is 5.52. The van der Waals surface area contributed by atoms with Crippen LogP contribution >= 0.6 is 0 Å². The van der Waals surface area contributed by atoms with Gasteiger partial charge >= 0.3 is 0 Å².